The SMILES string of the molecule is CC(Nc1ccc(C(F)(F)F)cc1Br)C(=O)NC(C)(C)C. The van der Waals surface area contributed by atoms with E-state index in [4.69, 9.17) is 0 Å². The fraction of sp³-hybridized carbons (Fsp3) is 0.500. The fourth-order valence-electron chi connectivity index (χ4n) is 1.59. The molecular formula is C14H18BrF3N2O. The van der Waals surface area contributed by atoms with Crippen LogP contribution in [0.1, 0.15) is 33.3 Å². The average molecular weight is 367 g/mol. The lowest BCUT2D eigenvalue weighted by atomic mass is 10.1. The molecule has 0 heterocycles. The molecule has 0 saturated heterocycles. The Morgan fingerprint density at radius 3 is 2.24 bits per heavy atom. The number of amides is 1. The van der Waals surface area contributed by atoms with Crippen LogP contribution in [0.15, 0.2) is 22.7 Å². The summed E-state index contributed by atoms with van der Waals surface area (Å²) in [6, 6.07) is 2.68. The topological polar surface area (TPSA) is 41.1 Å². The molecule has 1 aromatic rings. The van der Waals surface area contributed by atoms with E-state index in [2.05, 4.69) is 26.6 Å². The Kier molecular flexibility index (Phi) is 5.30. The van der Waals surface area contributed by atoms with Gasteiger partial charge in [0.1, 0.15) is 6.04 Å². The Hall–Kier alpha value is -1.24. The van der Waals surface area contributed by atoms with E-state index >= 15 is 0 Å². The van der Waals surface area contributed by atoms with Crippen molar-refractivity contribution >= 4 is 27.5 Å². The third kappa shape index (κ3) is 5.57. The van der Waals surface area contributed by atoms with Gasteiger partial charge in [0.2, 0.25) is 5.91 Å². The van der Waals surface area contributed by atoms with Crippen molar-refractivity contribution in [2.75, 3.05) is 5.32 Å². The molecule has 1 rings (SSSR count). The molecular weight excluding hydrogens is 349 g/mol. The summed E-state index contributed by atoms with van der Waals surface area (Å²) in [5.41, 5.74) is -0.684. The molecule has 7 heteroatoms. The normalized spacial score (nSPS) is 13.7. The van der Waals surface area contributed by atoms with E-state index in [0.29, 0.717) is 5.69 Å². The molecule has 1 amide bonds. The molecule has 0 aliphatic heterocycles. The van der Waals surface area contributed by atoms with Crippen LogP contribution in [0.2, 0.25) is 0 Å². The Morgan fingerprint density at radius 2 is 1.81 bits per heavy atom. The molecule has 2 N–H and O–H groups in total. The van der Waals surface area contributed by atoms with E-state index in [9.17, 15) is 18.0 Å². The van der Waals surface area contributed by atoms with Gasteiger partial charge in [-0.2, -0.15) is 13.2 Å². The fourth-order valence-corrected chi connectivity index (χ4v) is 2.08. The van der Waals surface area contributed by atoms with Crippen LogP contribution in [0, 0.1) is 0 Å². The van der Waals surface area contributed by atoms with Crippen LogP contribution in [0.3, 0.4) is 0 Å². The van der Waals surface area contributed by atoms with Gasteiger partial charge in [-0.05, 0) is 61.8 Å². The Labute approximate surface area is 130 Å². The van der Waals surface area contributed by atoms with Crippen LogP contribution < -0.4 is 10.6 Å². The number of anilines is 1. The minimum atomic E-state index is -4.39. The molecule has 0 bridgehead atoms. The zero-order chi connectivity index (χ0) is 16.4. The van der Waals surface area contributed by atoms with Gasteiger partial charge in [-0.25, -0.2) is 0 Å². The number of nitrogens with one attached hydrogen (secondary N) is 2. The highest BCUT2D eigenvalue weighted by Gasteiger charge is 2.31. The van der Waals surface area contributed by atoms with Gasteiger partial charge in [0, 0.05) is 15.7 Å². The maximum atomic E-state index is 12.6. The highest BCUT2D eigenvalue weighted by Crippen LogP contribution is 2.34. The number of benzene rings is 1. The van der Waals surface area contributed by atoms with Gasteiger partial charge in [-0.15, -0.1) is 0 Å². The first-order valence-electron chi connectivity index (χ1n) is 6.35. The molecule has 0 fully saturated rings. The monoisotopic (exact) mass is 366 g/mol. The predicted octanol–water partition coefficient (Wildman–Crippen LogP) is 4.18. The summed E-state index contributed by atoms with van der Waals surface area (Å²) in [7, 11) is 0. The van der Waals surface area contributed by atoms with E-state index < -0.39 is 17.8 Å². The number of alkyl halides is 3. The number of rotatable bonds is 3. The van der Waals surface area contributed by atoms with Crippen molar-refractivity contribution in [1.29, 1.82) is 0 Å². The van der Waals surface area contributed by atoms with Crippen LogP contribution in [-0.4, -0.2) is 17.5 Å². The first-order valence-corrected chi connectivity index (χ1v) is 7.15. The molecule has 0 spiro atoms. The summed E-state index contributed by atoms with van der Waals surface area (Å²) in [6.45, 7) is 7.20. The molecule has 0 saturated carbocycles. The minimum absolute atomic E-state index is 0.228. The van der Waals surface area contributed by atoms with Crippen molar-refractivity contribution in [2.24, 2.45) is 0 Å². The molecule has 1 aromatic carbocycles. The summed E-state index contributed by atoms with van der Waals surface area (Å²) in [5, 5.41) is 5.68. The van der Waals surface area contributed by atoms with Crippen molar-refractivity contribution in [3.05, 3.63) is 28.2 Å². The molecule has 0 aliphatic carbocycles. The second-order valence-electron chi connectivity index (χ2n) is 5.80. The Balaban J connectivity index is 2.82. The zero-order valence-corrected chi connectivity index (χ0v) is 13.8. The smallest absolute Gasteiger partial charge is 0.373 e. The van der Waals surface area contributed by atoms with E-state index in [1.807, 2.05) is 20.8 Å². The van der Waals surface area contributed by atoms with Crippen LogP contribution >= 0.6 is 15.9 Å². The summed E-state index contributed by atoms with van der Waals surface area (Å²) in [4.78, 5) is 11.9. The van der Waals surface area contributed by atoms with E-state index in [1.165, 1.54) is 6.07 Å². The van der Waals surface area contributed by atoms with Gasteiger partial charge in [0.05, 0.1) is 5.56 Å². The minimum Gasteiger partial charge on any atom is -0.373 e. The van der Waals surface area contributed by atoms with Gasteiger partial charge < -0.3 is 10.6 Å². The lowest BCUT2D eigenvalue weighted by Gasteiger charge is -2.24. The molecule has 1 unspecified atom stereocenters. The van der Waals surface area contributed by atoms with Gasteiger partial charge in [0.25, 0.3) is 0 Å². The molecule has 3 nitrogen and oxygen atoms in total. The summed E-state index contributed by atoms with van der Waals surface area (Å²) < 4.78 is 38.0. The first-order chi connectivity index (χ1) is 9.40. The van der Waals surface area contributed by atoms with Crippen molar-refractivity contribution in [2.45, 2.75) is 45.5 Å². The highest BCUT2D eigenvalue weighted by atomic mass is 79.9. The van der Waals surface area contributed by atoms with E-state index in [1.54, 1.807) is 6.92 Å². The number of carbonyl (C=O) groups is 1. The third-order valence-electron chi connectivity index (χ3n) is 2.56. The quantitative estimate of drug-likeness (QED) is 0.842. The van der Waals surface area contributed by atoms with Crippen molar-refractivity contribution in [1.82, 2.24) is 5.32 Å². The lowest BCUT2D eigenvalue weighted by Crippen LogP contribution is -2.47. The molecule has 0 aliphatic rings. The van der Waals surface area contributed by atoms with Crippen LogP contribution in [0.4, 0.5) is 18.9 Å². The summed E-state index contributed by atoms with van der Waals surface area (Å²) in [5.74, 6) is -0.228. The molecule has 21 heavy (non-hydrogen) atoms. The second kappa shape index (κ2) is 6.25. The Morgan fingerprint density at radius 1 is 1.24 bits per heavy atom. The number of hydrogen-bond acceptors (Lipinski definition) is 2. The predicted molar refractivity (Wildman–Crippen MR) is 80.1 cm³/mol. The maximum absolute atomic E-state index is 12.6. The van der Waals surface area contributed by atoms with E-state index in [-0.39, 0.29) is 15.9 Å². The second-order valence-corrected chi connectivity index (χ2v) is 6.65. The van der Waals surface area contributed by atoms with Gasteiger partial charge in [0.15, 0.2) is 0 Å². The first kappa shape index (κ1) is 17.8. The zero-order valence-electron chi connectivity index (χ0n) is 12.2. The van der Waals surface area contributed by atoms with Crippen molar-refractivity contribution in [3.63, 3.8) is 0 Å². The van der Waals surface area contributed by atoms with Gasteiger partial charge in [-0.1, -0.05) is 0 Å². The van der Waals surface area contributed by atoms with E-state index in [0.717, 1.165) is 12.1 Å². The molecule has 1 atom stereocenters. The molecule has 0 radical (unpaired) electrons. The van der Waals surface area contributed by atoms with Crippen LogP contribution in [0.25, 0.3) is 0 Å². The van der Waals surface area contributed by atoms with Gasteiger partial charge in [-0.3, -0.25) is 4.79 Å². The summed E-state index contributed by atoms with van der Waals surface area (Å²) in [6.07, 6.45) is -4.39. The van der Waals surface area contributed by atoms with Crippen molar-refractivity contribution < 1.29 is 18.0 Å². The molecule has 0 aromatic heterocycles. The molecule has 118 valence electrons. The average Bonchev–Trinajstić information content (AvgIpc) is 2.27. The number of halogens is 4. The number of carbonyl (C=O) groups excluding carboxylic acids is 1. The standard InChI is InChI=1S/C14H18BrF3N2O/c1-8(12(21)20-13(2,3)4)19-11-6-5-9(7-10(11)15)14(16,17)18/h5-8,19H,1-4H3,(H,20,21). The highest BCUT2D eigenvalue weighted by molar-refractivity contribution is 9.10. The van der Waals surface area contributed by atoms with Crippen LogP contribution in [-0.2, 0) is 11.0 Å². The van der Waals surface area contributed by atoms with Crippen molar-refractivity contribution in [3.8, 4) is 0 Å². The largest absolute Gasteiger partial charge is 0.416 e. The summed E-state index contributed by atoms with van der Waals surface area (Å²) >= 11 is 3.08. The Bertz CT molecular complexity index is 524. The van der Waals surface area contributed by atoms with Gasteiger partial charge >= 0.3 is 6.18 Å². The maximum Gasteiger partial charge on any atom is 0.416 e. The third-order valence-corrected chi connectivity index (χ3v) is 3.22. The van der Waals surface area contributed by atoms with Crippen LogP contribution in [0.5, 0.6) is 0 Å². The lowest BCUT2D eigenvalue weighted by molar-refractivity contribution is -0.137. The number of hydrogen-bond donors (Lipinski definition) is 2.